The molecule has 1 N–H and O–H groups in total. The first-order chi connectivity index (χ1) is 9.58. The number of rotatable bonds is 5. The maximum Gasteiger partial charge on any atom is 0.239 e. The molecule has 20 heavy (non-hydrogen) atoms. The number of halogens is 1. The summed E-state index contributed by atoms with van der Waals surface area (Å²) in [5, 5.41) is 2.49. The van der Waals surface area contributed by atoms with E-state index >= 15 is 0 Å². The van der Waals surface area contributed by atoms with Crippen molar-refractivity contribution in [1.29, 1.82) is 0 Å². The van der Waals surface area contributed by atoms with Crippen molar-refractivity contribution in [3.63, 3.8) is 0 Å². The zero-order valence-corrected chi connectivity index (χ0v) is 12.6. The van der Waals surface area contributed by atoms with Gasteiger partial charge in [-0.15, -0.1) is 11.6 Å². The van der Waals surface area contributed by atoms with E-state index in [0.29, 0.717) is 18.1 Å². The number of alkyl halides is 1. The molecule has 0 spiro atoms. The van der Waals surface area contributed by atoms with Crippen LogP contribution in [0.5, 0.6) is 5.75 Å². The highest BCUT2D eigenvalue weighted by atomic mass is 35.5. The lowest BCUT2D eigenvalue weighted by atomic mass is 10.3. The first kappa shape index (κ1) is 14.7. The van der Waals surface area contributed by atoms with Gasteiger partial charge in [-0.1, -0.05) is 6.07 Å². The van der Waals surface area contributed by atoms with E-state index in [9.17, 15) is 4.79 Å². The zero-order chi connectivity index (χ0) is 14.7. The Hall–Kier alpha value is -1.75. The van der Waals surface area contributed by atoms with Gasteiger partial charge >= 0.3 is 0 Å². The van der Waals surface area contributed by atoms with Crippen LogP contribution in [0.4, 0.5) is 0 Å². The van der Waals surface area contributed by atoms with Crippen LogP contribution in [0.25, 0.3) is 11.0 Å². The second-order valence-corrected chi connectivity index (χ2v) is 5.11. The summed E-state index contributed by atoms with van der Waals surface area (Å²) in [6.07, 6.45) is 0. The average Bonchev–Trinajstić information content (AvgIpc) is 2.78. The molecule has 0 aliphatic heterocycles. The number of amides is 1. The minimum absolute atomic E-state index is 0.0619. The highest BCUT2D eigenvalue weighted by Crippen LogP contribution is 2.29. The third-order valence-electron chi connectivity index (χ3n) is 3.02. The molecule has 0 saturated heterocycles. The van der Waals surface area contributed by atoms with Gasteiger partial charge in [-0.05, 0) is 26.0 Å². The van der Waals surface area contributed by atoms with Gasteiger partial charge in [-0.2, -0.15) is 0 Å². The van der Waals surface area contributed by atoms with Gasteiger partial charge in [-0.25, -0.2) is 4.98 Å². The second-order valence-electron chi connectivity index (χ2n) is 4.45. The van der Waals surface area contributed by atoms with Crippen molar-refractivity contribution in [3.8, 4) is 5.75 Å². The third-order valence-corrected chi connectivity index (χ3v) is 3.22. The SMILES string of the molecule is CCNC(=O)Cn1c(C(C)Cl)nc2c(OC)cccc21. The Kier molecular flexibility index (Phi) is 4.49. The van der Waals surface area contributed by atoms with E-state index in [4.69, 9.17) is 16.3 Å². The van der Waals surface area contributed by atoms with E-state index < -0.39 is 0 Å². The minimum Gasteiger partial charge on any atom is -0.494 e. The number of benzene rings is 1. The van der Waals surface area contributed by atoms with E-state index in [1.165, 1.54) is 0 Å². The van der Waals surface area contributed by atoms with Crippen LogP contribution in [-0.2, 0) is 11.3 Å². The van der Waals surface area contributed by atoms with Crippen LogP contribution >= 0.6 is 11.6 Å². The van der Waals surface area contributed by atoms with Crippen LogP contribution in [-0.4, -0.2) is 29.1 Å². The third kappa shape index (κ3) is 2.72. The highest BCUT2D eigenvalue weighted by molar-refractivity contribution is 6.20. The van der Waals surface area contributed by atoms with Gasteiger partial charge in [-0.3, -0.25) is 4.79 Å². The van der Waals surface area contributed by atoms with E-state index in [2.05, 4.69) is 10.3 Å². The molecule has 1 atom stereocenters. The van der Waals surface area contributed by atoms with Crippen molar-refractivity contribution in [1.82, 2.24) is 14.9 Å². The summed E-state index contributed by atoms with van der Waals surface area (Å²) in [6, 6.07) is 5.63. The number of imidazole rings is 1. The first-order valence-electron chi connectivity index (χ1n) is 6.52. The molecule has 0 aliphatic rings. The molecule has 0 saturated carbocycles. The molecule has 0 bridgehead atoms. The van der Waals surface area contributed by atoms with Crippen LogP contribution in [0.15, 0.2) is 18.2 Å². The van der Waals surface area contributed by atoms with Crippen LogP contribution in [0, 0.1) is 0 Å². The topological polar surface area (TPSA) is 56.2 Å². The number of nitrogens with one attached hydrogen (secondary N) is 1. The fourth-order valence-corrected chi connectivity index (χ4v) is 2.34. The maximum atomic E-state index is 11.8. The number of carbonyl (C=O) groups excluding carboxylic acids is 1. The molecular weight excluding hydrogens is 278 g/mol. The number of ether oxygens (including phenoxy) is 1. The number of likely N-dealkylation sites (N-methyl/N-ethyl adjacent to an activating group) is 1. The van der Waals surface area contributed by atoms with Crippen LogP contribution in [0.2, 0.25) is 0 Å². The number of hydrogen-bond donors (Lipinski definition) is 1. The minimum atomic E-state index is -0.290. The van der Waals surface area contributed by atoms with E-state index in [1.807, 2.05) is 36.6 Å². The summed E-state index contributed by atoms with van der Waals surface area (Å²) in [6.45, 7) is 4.52. The lowest BCUT2D eigenvalue weighted by Crippen LogP contribution is -2.27. The largest absolute Gasteiger partial charge is 0.494 e. The van der Waals surface area contributed by atoms with Gasteiger partial charge in [0.05, 0.1) is 18.0 Å². The molecule has 2 aromatic rings. The van der Waals surface area contributed by atoms with Gasteiger partial charge in [0.15, 0.2) is 0 Å². The number of para-hydroxylation sites is 1. The molecule has 1 heterocycles. The molecule has 1 unspecified atom stereocenters. The Labute approximate surface area is 122 Å². The molecule has 1 amide bonds. The molecule has 1 aromatic carbocycles. The van der Waals surface area contributed by atoms with Crippen molar-refractivity contribution in [3.05, 3.63) is 24.0 Å². The van der Waals surface area contributed by atoms with Crippen LogP contribution in [0.1, 0.15) is 25.0 Å². The van der Waals surface area contributed by atoms with Crippen molar-refractivity contribution in [2.45, 2.75) is 25.8 Å². The summed E-state index contributed by atoms with van der Waals surface area (Å²) in [7, 11) is 1.60. The Morgan fingerprint density at radius 1 is 1.55 bits per heavy atom. The highest BCUT2D eigenvalue weighted by Gasteiger charge is 2.18. The molecule has 0 radical (unpaired) electrons. The Morgan fingerprint density at radius 2 is 2.30 bits per heavy atom. The first-order valence-corrected chi connectivity index (χ1v) is 6.96. The van der Waals surface area contributed by atoms with E-state index in [0.717, 1.165) is 11.0 Å². The smallest absolute Gasteiger partial charge is 0.239 e. The quantitative estimate of drug-likeness (QED) is 0.862. The molecule has 0 aliphatic carbocycles. The summed E-state index contributed by atoms with van der Waals surface area (Å²) in [4.78, 5) is 16.4. The van der Waals surface area contributed by atoms with E-state index in [1.54, 1.807) is 7.11 Å². The number of methoxy groups -OCH3 is 1. The molecule has 108 valence electrons. The van der Waals surface area contributed by atoms with Crippen molar-refractivity contribution in [2.75, 3.05) is 13.7 Å². The Balaban J connectivity index is 2.54. The van der Waals surface area contributed by atoms with Gasteiger partial charge in [0.1, 0.15) is 23.6 Å². The van der Waals surface area contributed by atoms with Crippen molar-refractivity contribution >= 4 is 28.5 Å². The summed E-state index contributed by atoms with van der Waals surface area (Å²) >= 11 is 6.18. The lowest BCUT2D eigenvalue weighted by molar-refractivity contribution is -0.121. The van der Waals surface area contributed by atoms with E-state index in [-0.39, 0.29) is 17.8 Å². The van der Waals surface area contributed by atoms with Gasteiger partial charge in [0, 0.05) is 6.54 Å². The molecule has 1 aromatic heterocycles. The average molecular weight is 296 g/mol. The normalized spacial score (nSPS) is 12.4. The second kappa shape index (κ2) is 6.13. The predicted octanol–water partition coefficient (Wildman–Crippen LogP) is 2.48. The van der Waals surface area contributed by atoms with Gasteiger partial charge in [0.25, 0.3) is 0 Å². The summed E-state index contributed by atoms with van der Waals surface area (Å²) in [5.41, 5.74) is 1.57. The fraction of sp³-hybridized carbons (Fsp3) is 0.429. The van der Waals surface area contributed by atoms with Crippen LogP contribution < -0.4 is 10.1 Å². The Morgan fingerprint density at radius 3 is 2.90 bits per heavy atom. The maximum absolute atomic E-state index is 11.8. The number of aromatic nitrogens is 2. The number of fused-ring (bicyclic) bond motifs is 1. The molecule has 2 rings (SSSR count). The monoisotopic (exact) mass is 295 g/mol. The van der Waals surface area contributed by atoms with Gasteiger partial charge in [0.2, 0.25) is 5.91 Å². The fourth-order valence-electron chi connectivity index (χ4n) is 2.17. The lowest BCUT2D eigenvalue weighted by Gasteiger charge is -2.10. The standard InChI is InChI=1S/C14H18ClN3O2/c1-4-16-12(19)8-18-10-6-5-7-11(20-3)13(10)17-14(18)9(2)15/h5-7,9H,4,8H2,1-3H3,(H,16,19). The van der Waals surface area contributed by atoms with Gasteiger partial charge < -0.3 is 14.6 Å². The molecular formula is C14H18ClN3O2. The molecule has 5 nitrogen and oxygen atoms in total. The zero-order valence-electron chi connectivity index (χ0n) is 11.8. The predicted molar refractivity (Wildman–Crippen MR) is 79.2 cm³/mol. The number of nitrogens with zero attached hydrogens (tertiary/aromatic N) is 2. The molecule has 6 heteroatoms. The van der Waals surface area contributed by atoms with Crippen molar-refractivity contribution in [2.24, 2.45) is 0 Å². The molecule has 0 fully saturated rings. The van der Waals surface area contributed by atoms with Crippen molar-refractivity contribution < 1.29 is 9.53 Å². The number of hydrogen-bond acceptors (Lipinski definition) is 3. The Bertz CT molecular complexity index is 622. The van der Waals surface area contributed by atoms with Crippen LogP contribution in [0.3, 0.4) is 0 Å². The summed E-state index contributed by atoms with van der Waals surface area (Å²) < 4.78 is 7.14. The summed E-state index contributed by atoms with van der Waals surface area (Å²) in [5.74, 6) is 1.28. The number of carbonyl (C=O) groups is 1.